The van der Waals surface area contributed by atoms with Crippen LogP contribution in [-0.2, 0) is 9.59 Å². The standard InChI is InChI=1S/C18H25N3O3/c22-16-14-12-4-5-13(7-6-12)15(14)17(23)21(16)11-8-19-18(24)20-9-2-1-3-10-20/h4-5,12-15H,1-3,6-11H2,(H,19,24). The molecule has 0 spiro atoms. The van der Waals surface area contributed by atoms with Crippen molar-refractivity contribution in [2.24, 2.45) is 23.7 Å². The number of allylic oxidation sites excluding steroid dienone is 2. The number of amides is 4. The molecule has 4 amide bonds. The smallest absolute Gasteiger partial charge is 0.317 e. The van der Waals surface area contributed by atoms with Crippen LogP contribution in [0, 0.1) is 23.7 Å². The molecule has 0 aromatic heterocycles. The zero-order valence-corrected chi connectivity index (χ0v) is 13.9. The van der Waals surface area contributed by atoms with Crippen molar-refractivity contribution in [1.82, 2.24) is 15.1 Å². The molecule has 4 atom stereocenters. The second-order valence-corrected chi connectivity index (χ2v) is 7.45. The van der Waals surface area contributed by atoms with Crippen LogP contribution in [0.4, 0.5) is 4.79 Å². The van der Waals surface area contributed by atoms with Gasteiger partial charge in [0.05, 0.1) is 11.8 Å². The Bertz CT molecular complexity index is 550. The van der Waals surface area contributed by atoms with Crippen LogP contribution >= 0.6 is 0 Å². The van der Waals surface area contributed by atoms with Crippen molar-refractivity contribution < 1.29 is 14.4 Å². The predicted octanol–water partition coefficient (Wildman–Crippen LogP) is 1.38. The SMILES string of the molecule is O=C(NCCN1C(=O)C2C3C=CC(CC3)C2C1=O)N1CCCCC1. The molecular weight excluding hydrogens is 306 g/mol. The first-order valence-electron chi connectivity index (χ1n) is 9.23. The van der Waals surface area contributed by atoms with Crippen LogP contribution in [0.25, 0.3) is 0 Å². The molecule has 6 nitrogen and oxygen atoms in total. The van der Waals surface area contributed by atoms with Crippen molar-refractivity contribution >= 4 is 17.8 Å². The summed E-state index contributed by atoms with van der Waals surface area (Å²) in [5.41, 5.74) is 0. The molecule has 4 unspecified atom stereocenters. The molecule has 2 saturated heterocycles. The Morgan fingerprint density at radius 2 is 1.58 bits per heavy atom. The number of imide groups is 1. The van der Waals surface area contributed by atoms with E-state index in [9.17, 15) is 14.4 Å². The summed E-state index contributed by atoms with van der Waals surface area (Å²) >= 11 is 0. The average Bonchev–Trinajstić information content (AvgIpc) is 2.90. The molecule has 2 heterocycles. The number of urea groups is 1. The minimum absolute atomic E-state index is 0.0312. The summed E-state index contributed by atoms with van der Waals surface area (Å²) in [6, 6.07) is -0.0760. The lowest BCUT2D eigenvalue weighted by Gasteiger charge is -2.38. The Morgan fingerprint density at radius 1 is 1.00 bits per heavy atom. The zero-order chi connectivity index (χ0) is 16.7. The van der Waals surface area contributed by atoms with Gasteiger partial charge in [-0.2, -0.15) is 0 Å². The maximum atomic E-state index is 12.7. The van der Waals surface area contributed by atoms with Crippen molar-refractivity contribution in [2.75, 3.05) is 26.2 Å². The van der Waals surface area contributed by atoms with Crippen LogP contribution in [0.1, 0.15) is 32.1 Å². The fourth-order valence-corrected chi connectivity index (χ4v) is 4.84. The molecule has 5 aliphatic rings. The van der Waals surface area contributed by atoms with E-state index in [1.54, 1.807) is 0 Å². The summed E-state index contributed by atoms with van der Waals surface area (Å²) in [5.74, 6) is 0.0828. The van der Waals surface area contributed by atoms with E-state index in [-0.39, 0.29) is 41.5 Å². The van der Waals surface area contributed by atoms with Crippen LogP contribution in [-0.4, -0.2) is 53.8 Å². The topological polar surface area (TPSA) is 69.7 Å². The van der Waals surface area contributed by atoms with Crippen LogP contribution in [0.2, 0.25) is 0 Å². The van der Waals surface area contributed by atoms with Crippen molar-refractivity contribution in [3.8, 4) is 0 Å². The fraction of sp³-hybridized carbons (Fsp3) is 0.722. The highest BCUT2D eigenvalue weighted by Gasteiger charge is 2.56. The van der Waals surface area contributed by atoms with Crippen LogP contribution in [0.5, 0.6) is 0 Å². The third-order valence-electron chi connectivity index (χ3n) is 6.11. The lowest BCUT2D eigenvalue weighted by molar-refractivity contribution is -0.140. The van der Waals surface area contributed by atoms with E-state index < -0.39 is 0 Å². The highest BCUT2D eigenvalue weighted by molar-refractivity contribution is 6.06. The number of likely N-dealkylation sites (tertiary alicyclic amines) is 2. The van der Waals surface area contributed by atoms with E-state index in [0.717, 1.165) is 38.8 Å². The van der Waals surface area contributed by atoms with Gasteiger partial charge < -0.3 is 10.2 Å². The molecule has 24 heavy (non-hydrogen) atoms. The van der Waals surface area contributed by atoms with Gasteiger partial charge in [0.15, 0.2) is 0 Å². The molecule has 3 fully saturated rings. The highest BCUT2D eigenvalue weighted by atomic mass is 16.2. The Hall–Kier alpha value is -1.85. The Morgan fingerprint density at radius 3 is 2.12 bits per heavy atom. The van der Waals surface area contributed by atoms with E-state index in [1.807, 2.05) is 4.90 Å². The van der Waals surface area contributed by atoms with Crippen LogP contribution in [0.15, 0.2) is 12.2 Å². The van der Waals surface area contributed by atoms with Gasteiger partial charge in [-0.15, -0.1) is 0 Å². The number of carbonyl (C=O) groups excluding carboxylic acids is 3. The third kappa shape index (κ3) is 2.52. The summed E-state index contributed by atoms with van der Waals surface area (Å²) in [6.45, 7) is 2.23. The molecule has 2 bridgehead atoms. The predicted molar refractivity (Wildman–Crippen MR) is 87.9 cm³/mol. The molecule has 0 aromatic carbocycles. The summed E-state index contributed by atoms with van der Waals surface area (Å²) in [7, 11) is 0. The number of nitrogens with one attached hydrogen (secondary N) is 1. The first-order chi connectivity index (χ1) is 11.7. The molecule has 1 saturated carbocycles. The quantitative estimate of drug-likeness (QED) is 0.627. The van der Waals surface area contributed by atoms with Gasteiger partial charge in [0.2, 0.25) is 11.8 Å². The van der Waals surface area contributed by atoms with Crippen molar-refractivity contribution in [2.45, 2.75) is 32.1 Å². The van der Waals surface area contributed by atoms with E-state index >= 15 is 0 Å². The Balaban J connectivity index is 1.33. The van der Waals surface area contributed by atoms with Gasteiger partial charge in [-0.1, -0.05) is 12.2 Å². The molecule has 2 aliphatic heterocycles. The van der Waals surface area contributed by atoms with Gasteiger partial charge in [0.25, 0.3) is 0 Å². The van der Waals surface area contributed by atoms with E-state index in [2.05, 4.69) is 17.5 Å². The lowest BCUT2D eigenvalue weighted by Crippen LogP contribution is -2.46. The maximum absolute atomic E-state index is 12.7. The molecule has 6 heteroatoms. The van der Waals surface area contributed by atoms with Gasteiger partial charge >= 0.3 is 6.03 Å². The number of piperidine rings is 1. The Labute approximate surface area is 142 Å². The zero-order valence-electron chi connectivity index (χ0n) is 13.9. The van der Waals surface area contributed by atoms with Gasteiger partial charge in [-0.05, 0) is 43.9 Å². The first kappa shape index (κ1) is 15.7. The van der Waals surface area contributed by atoms with Crippen molar-refractivity contribution in [1.29, 1.82) is 0 Å². The normalized spacial score (nSPS) is 34.7. The largest absolute Gasteiger partial charge is 0.336 e. The summed E-state index contributed by atoms with van der Waals surface area (Å²) < 4.78 is 0. The van der Waals surface area contributed by atoms with Crippen molar-refractivity contribution in [3.05, 3.63) is 12.2 Å². The second-order valence-electron chi connectivity index (χ2n) is 7.45. The van der Waals surface area contributed by atoms with Gasteiger partial charge in [0, 0.05) is 26.2 Å². The van der Waals surface area contributed by atoms with Gasteiger partial charge in [0.1, 0.15) is 0 Å². The fourth-order valence-electron chi connectivity index (χ4n) is 4.84. The number of carbonyl (C=O) groups is 3. The highest BCUT2D eigenvalue weighted by Crippen LogP contribution is 2.49. The number of hydrogen-bond acceptors (Lipinski definition) is 3. The molecule has 3 aliphatic carbocycles. The molecule has 0 aromatic rings. The number of rotatable bonds is 3. The van der Waals surface area contributed by atoms with Gasteiger partial charge in [-0.25, -0.2) is 4.79 Å². The molecule has 1 N–H and O–H groups in total. The average molecular weight is 331 g/mol. The van der Waals surface area contributed by atoms with E-state index in [4.69, 9.17) is 0 Å². The van der Waals surface area contributed by atoms with Crippen molar-refractivity contribution in [3.63, 3.8) is 0 Å². The maximum Gasteiger partial charge on any atom is 0.317 e. The molecule has 130 valence electrons. The minimum Gasteiger partial charge on any atom is -0.336 e. The number of fused-ring (bicyclic) bond motifs is 1. The van der Waals surface area contributed by atoms with Gasteiger partial charge in [-0.3, -0.25) is 14.5 Å². The molecular formula is C18H25N3O3. The monoisotopic (exact) mass is 331 g/mol. The van der Waals surface area contributed by atoms with E-state index in [0.29, 0.717) is 13.1 Å². The second kappa shape index (κ2) is 6.22. The Kier molecular flexibility index (Phi) is 4.06. The summed E-state index contributed by atoms with van der Waals surface area (Å²) in [4.78, 5) is 40.7. The molecule has 0 radical (unpaired) electrons. The summed E-state index contributed by atoms with van der Waals surface area (Å²) in [5, 5.41) is 2.87. The number of nitrogens with zero attached hydrogens (tertiary/aromatic N) is 2. The first-order valence-corrected chi connectivity index (χ1v) is 9.23. The third-order valence-corrected chi connectivity index (χ3v) is 6.11. The van der Waals surface area contributed by atoms with E-state index in [1.165, 1.54) is 11.3 Å². The minimum atomic E-state index is -0.154. The molecule has 5 rings (SSSR count). The summed E-state index contributed by atoms with van der Waals surface area (Å²) in [6.07, 6.45) is 9.57. The lowest BCUT2D eigenvalue weighted by atomic mass is 9.63. The van der Waals surface area contributed by atoms with Crippen LogP contribution < -0.4 is 5.32 Å². The number of hydrogen-bond donors (Lipinski definition) is 1. The van der Waals surface area contributed by atoms with Crippen LogP contribution in [0.3, 0.4) is 0 Å².